The lowest BCUT2D eigenvalue weighted by molar-refractivity contribution is 0.484. The second-order valence-electron chi connectivity index (χ2n) is 15.3. The lowest BCUT2D eigenvalue weighted by Crippen LogP contribution is -2.00. The highest BCUT2D eigenvalue weighted by atomic mass is 16.5. The van der Waals surface area contributed by atoms with Crippen molar-refractivity contribution >= 4 is 76.7 Å². The van der Waals surface area contributed by atoms with Gasteiger partial charge in [0.1, 0.15) is 22.8 Å². The first-order chi connectivity index (χ1) is 26.9. The highest BCUT2D eigenvalue weighted by Gasteiger charge is 2.20. The van der Waals surface area contributed by atoms with Gasteiger partial charge >= 0.3 is 0 Å². The minimum Gasteiger partial charge on any atom is -0.457 e. The van der Waals surface area contributed by atoms with Crippen LogP contribution in [-0.4, -0.2) is 23.8 Å². The van der Waals surface area contributed by atoms with Crippen molar-refractivity contribution in [3.8, 4) is 22.6 Å². The van der Waals surface area contributed by atoms with Gasteiger partial charge in [0.15, 0.2) is 0 Å². The number of imidazole rings is 2. The zero-order valence-electron chi connectivity index (χ0n) is 31.1. The van der Waals surface area contributed by atoms with Crippen LogP contribution in [0.5, 0.6) is 11.5 Å². The summed E-state index contributed by atoms with van der Waals surface area (Å²) < 4.78 is 11.3. The van der Waals surface area contributed by atoms with Crippen molar-refractivity contribution in [1.82, 2.24) is 23.8 Å². The van der Waals surface area contributed by atoms with Crippen LogP contribution in [0, 0.1) is 0 Å². The van der Waals surface area contributed by atoms with Crippen LogP contribution >= 0.6 is 0 Å². The Hall–Kier alpha value is -6.79. The first-order valence-electron chi connectivity index (χ1n) is 19.1. The molecule has 0 amide bonds. The maximum absolute atomic E-state index is 6.75. The van der Waals surface area contributed by atoms with Crippen LogP contribution in [0.2, 0.25) is 0 Å². The smallest absolute Gasteiger partial charge is 0.146 e. The number of ether oxygens (including phenoxy) is 1. The Balaban J connectivity index is 1.12. The fourth-order valence-corrected chi connectivity index (χ4v) is 8.83. The van der Waals surface area contributed by atoms with Crippen LogP contribution < -0.4 is 4.74 Å². The molecule has 0 atom stereocenters. The molecule has 0 spiro atoms. The predicted octanol–water partition coefficient (Wildman–Crippen LogP) is 13.0. The number of benzene rings is 6. The molecule has 0 aliphatic heterocycles. The molecule has 11 aromatic rings. The summed E-state index contributed by atoms with van der Waals surface area (Å²) in [5, 5.41) is 6.54. The van der Waals surface area contributed by atoms with Crippen molar-refractivity contribution in [3.05, 3.63) is 151 Å². The van der Waals surface area contributed by atoms with Crippen LogP contribution in [0.1, 0.15) is 50.7 Å². The molecular weight excluding hydrogens is 675 g/mol. The molecular formula is C49H37N5O. The number of hydrogen-bond donors (Lipinski definition) is 0. The molecule has 6 aromatic carbocycles. The molecule has 0 N–H and O–H groups in total. The minimum absolute atomic E-state index is 0.398. The van der Waals surface area contributed by atoms with Crippen LogP contribution in [0.3, 0.4) is 0 Å². The molecule has 0 aliphatic rings. The number of rotatable bonds is 5. The van der Waals surface area contributed by atoms with Crippen LogP contribution in [0.25, 0.3) is 87.8 Å². The highest BCUT2D eigenvalue weighted by molar-refractivity contribution is 6.16. The summed E-state index contributed by atoms with van der Waals surface area (Å²) in [6.07, 6.45) is 3.78. The van der Waals surface area contributed by atoms with E-state index in [1.165, 1.54) is 27.6 Å². The van der Waals surface area contributed by atoms with E-state index in [-0.39, 0.29) is 0 Å². The number of nitrogens with zero attached hydrogens (tertiary/aromatic N) is 5. The summed E-state index contributed by atoms with van der Waals surface area (Å²) >= 11 is 0. The molecule has 0 saturated carbocycles. The van der Waals surface area contributed by atoms with Crippen molar-refractivity contribution in [1.29, 1.82) is 0 Å². The molecule has 0 bridgehead atoms. The summed E-state index contributed by atoms with van der Waals surface area (Å²) in [7, 11) is 0. The van der Waals surface area contributed by atoms with E-state index in [2.05, 4.69) is 157 Å². The van der Waals surface area contributed by atoms with E-state index in [1.807, 2.05) is 24.5 Å². The van der Waals surface area contributed by atoms with Crippen molar-refractivity contribution in [2.45, 2.75) is 39.5 Å². The van der Waals surface area contributed by atoms with Gasteiger partial charge < -0.3 is 4.74 Å². The Bertz CT molecular complexity index is 3340. The molecule has 6 heteroatoms. The zero-order valence-corrected chi connectivity index (χ0v) is 31.1. The Labute approximate surface area is 317 Å². The second-order valence-corrected chi connectivity index (χ2v) is 15.3. The van der Waals surface area contributed by atoms with E-state index in [0.29, 0.717) is 11.8 Å². The van der Waals surface area contributed by atoms with Gasteiger partial charge in [0.2, 0.25) is 0 Å². The maximum Gasteiger partial charge on any atom is 0.146 e. The van der Waals surface area contributed by atoms with Gasteiger partial charge in [-0.1, -0.05) is 76.2 Å². The third-order valence-corrected chi connectivity index (χ3v) is 11.3. The van der Waals surface area contributed by atoms with Crippen LogP contribution in [-0.2, 0) is 0 Å². The monoisotopic (exact) mass is 711 g/mol. The van der Waals surface area contributed by atoms with Crippen LogP contribution in [0.15, 0.2) is 140 Å². The van der Waals surface area contributed by atoms with Gasteiger partial charge in [-0.3, -0.25) is 13.8 Å². The minimum atomic E-state index is 0.398. The van der Waals surface area contributed by atoms with Crippen molar-refractivity contribution < 1.29 is 4.74 Å². The van der Waals surface area contributed by atoms with Gasteiger partial charge in [0.05, 0.1) is 33.1 Å². The number of pyridine rings is 3. The number of hydrogen-bond acceptors (Lipinski definition) is 4. The molecule has 0 radical (unpaired) electrons. The van der Waals surface area contributed by atoms with E-state index in [0.717, 1.165) is 82.8 Å². The molecule has 0 unspecified atom stereocenters. The van der Waals surface area contributed by atoms with E-state index in [4.69, 9.17) is 14.7 Å². The fourth-order valence-electron chi connectivity index (χ4n) is 8.83. The highest BCUT2D eigenvalue weighted by Crippen LogP contribution is 2.41. The van der Waals surface area contributed by atoms with E-state index >= 15 is 0 Å². The van der Waals surface area contributed by atoms with Gasteiger partial charge in [0.25, 0.3) is 0 Å². The third-order valence-electron chi connectivity index (χ3n) is 11.3. The Morgan fingerprint density at radius 1 is 0.473 bits per heavy atom. The quantitative estimate of drug-likeness (QED) is 0.167. The fraction of sp³-hybridized carbons (Fsp3) is 0.122. The summed E-state index contributed by atoms with van der Waals surface area (Å²) in [6.45, 7) is 9.15. The number of aromatic nitrogens is 5. The molecule has 55 heavy (non-hydrogen) atoms. The summed E-state index contributed by atoms with van der Waals surface area (Å²) in [5.74, 6) is 2.28. The molecule has 6 nitrogen and oxygen atoms in total. The van der Waals surface area contributed by atoms with Gasteiger partial charge in [-0.2, -0.15) is 0 Å². The summed E-state index contributed by atoms with van der Waals surface area (Å²) in [5.41, 5.74) is 13.4. The predicted molar refractivity (Wildman–Crippen MR) is 227 cm³/mol. The largest absolute Gasteiger partial charge is 0.457 e. The first-order valence-corrected chi connectivity index (χ1v) is 19.1. The average Bonchev–Trinajstić information content (AvgIpc) is 3.81. The maximum atomic E-state index is 6.75. The standard InChI is InChI=1S/C49H37N5O/c1-28(2)33-10-9-11-34(29(3)4)47(33)30-16-21-43-37(24-30)35-19-17-31(25-38(35)48-51-41-12-5-7-14-45(41)53(43)48)55-32-18-20-36-39(26-32)49-52-42-13-6-8-15-46(42)54(49)44-22-23-50-27-40(36)44/h5-29H,1-4H3. The number of fused-ring (bicyclic) bond motifs is 16. The Morgan fingerprint density at radius 2 is 1.04 bits per heavy atom. The van der Waals surface area contributed by atoms with Gasteiger partial charge in [-0.05, 0) is 124 Å². The lowest BCUT2D eigenvalue weighted by Gasteiger charge is -2.21. The molecule has 5 heterocycles. The summed E-state index contributed by atoms with van der Waals surface area (Å²) in [6, 6.07) is 45.2. The van der Waals surface area contributed by atoms with E-state index in [1.54, 1.807) is 0 Å². The normalized spacial score (nSPS) is 12.3. The SMILES string of the molecule is CC(C)c1cccc(C(C)C)c1-c1ccc2c(c1)c1ccc(Oc3ccc4c5cnccc5n5c6ccccc6nc5c4c3)cc1c1nc3ccccc3n21. The zero-order chi connectivity index (χ0) is 36.9. The van der Waals surface area contributed by atoms with Crippen molar-refractivity contribution in [2.75, 3.05) is 0 Å². The average molecular weight is 712 g/mol. The van der Waals surface area contributed by atoms with Gasteiger partial charge in [-0.25, -0.2) is 9.97 Å². The van der Waals surface area contributed by atoms with Crippen molar-refractivity contribution in [3.63, 3.8) is 0 Å². The Morgan fingerprint density at radius 3 is 1.64 bits per heavy atom. The first kappa shape index (κ1) is 31.7. The number of para-hydroxylation sites is 4. The van der Waals surface area contributed by atoms with E-state index in [9.17, 15) is 0 Å². The molecule has 11 rings (SSSR count). The van der Waals surface area contributed by atoms with Crippen LogP contribution in [0.4, 0.5) is 0 Å². The van der Waals surface area contributed by atoms with Crippen molar-refractivity contribution in [2.24, 2.45) is 0 Å². The Kier molecular flexibility index (Phi) is 6.84. The second kappa shape index (κ2) is 11.9. The molecule has 264 valence electrons. The third kappa shape index (κ3) is 4.70. The molecule has 0 saturated heterocycles. The molecule has 5 aromatic heterocycles. The van der Waals surface area contributed by atoms with Gasteiger partial charge in [-0.15, -0.1) is 0 Å². The topological polar surface area (TPSA) is 56.7 Å². The lowest BCUT2D eigenvalue weighted by atomic mass is 9.84. The van der Waals surface area contributed by atoms with Gasteiger partial charge in [0, 0.05) is 33.9 Å². The molecule has 0 aliphatic carbocycles. The summed E-state index contributed by atoms with van der Waals surface area (Å²) in [4.78, 5) is 14.8. The van der Waals surface area contributed by atoms with E-state index < -0.39 is 0 Å². The molecule has 0 fully saturated rings.